The first-order chi connectivity index (χ1) is 9.19. The molecule has 0 saturated heterocycles. The largest absolute Gasteiger partial charge is 0.314 e. The molecule has 0 spiro atoms. The summed E-state index contributed by atoms with van der Waals surface area (Å²) in [6.07, 6.45) is 8.48. The Balaban J connectivity index is 1.97. The second-order valence-corrected chi connectivity index (χ2v) is 6.77. The Bertz CT molecular complexity index is 369. The molecule has 0 radical (unpaired) electrons. The number of pyridine rings is 1. The zero-order valence-electron chi connectivity index (χ0n) is 12.0. The van der Waals surface area contributed by atoms with Crippen molar-refractivity contribution in [3.63, 3.8) is 0 Å². The number of rotatable bonds is 5. The molecule has 0 bridgehead atoms. The van der Waals surface area contributed by atoms with E-state index in [-0.39, 0.29) is 0 Å². The predicted octanol–water partition coefficient (Wildman–Crippen LogP) is 4.19. The average molecular weight is 325 g/mol. The van der Waals surface area contributed by atoms with Crippen LogP contribution in [0.2, 0.25) is 0 Å². The van der Waals surface area contributed by atoms with Crippen molar-refractivity contribution in [2.45, 2.75) is 52.0 Å². The van der Waals surface area contributed by atoms with Gasteiger partial charge in [-0.2, -0.15) is 0 Å². The fourth-order valence-electron chi connectivity index (χ4n) is 3.11. The van der Waals surface area contributed by atoms with Gasteiger partial charge in [0.2, 0.25) is 0 Å². The first-order valence-corrected chi connectivity index (χ1v) is 8.32. The van der Waals surface area contributed by atoms with Gasteiger partial charge in [-0.1, -0.05) is 26.7 Å². The fourth-order valence-corrected chi connectivity index (χ4v) is 3.34. The summed E-state index contributed by atoms with van der Waals surface area (Å²) in [7, 11) is 0. The van der Waals surface area contributed by atoms with E-state index < -0.39 is 0 Å². The topological polar surface area (TPSA) is 24.9 Å². The molecule has 2 rings (SSSR count). The highest BCUT2D eigenvalue weighted by molar-refractivity contribution is 9.10. The van der Waals surface area contributed by atoms with Gasteiger partial charge in [0.25, 0.3) is 0 Å². The van der Waals surface area contributed by atoms with Crippen LogP contribution in [0.25, 0.3) is 0 Å². The molecule has 106 valence electrons. The van der Waals surface area contributed by atoms with Crippen LogP contribution in [0, 0.1) is 11.8 Å². The van der Waals surface area contributed by atoms with Crippen molar-refractivity contribution in [1.29, 1.82) is 0 Å². The highest BCUT2D eigenvalue weighted by Gasteiger charge is 2.25. The molecular formula is C16H25BrN2. The summed E-state index contributed by atoms with van der Waals surface area (Å²) in [5, 5.41) is 3.68. The van der Waals surface area contributed by atoms with Gasteiger partial charge in [-0.05, 0) is 59.3 Å². The second-order valence-electron chi connectivity index (χ2n) is 5.86. The van der Waals surface area contributed by atoms with E-state index in [0.717, 1.165) is 29.3 Å². The highest BCUT2D eigenvalue weighted by atomic mass is 79.9. The lowest BCUT2D eigenvalue weighted by Crippen LogP contribution is -2.39. The number of hydrogen-bond donors (Lipinski definition) is 1. The summed E-state index contributed by atoms with van der Waals surface area (Å²) in [6.45, 7) is 5.63. The Kier molecular flexibility index (Phi) is 5.83. The van der Waals surface area contributed by atoms with Crippen LogP contribution < -0.4 is 5.32 Å². The molecule has 1 aromatic rings. The van der Waals surface area contributed by atoms with Gasteiger partial charge in [-0.15, -0.1) is 0 Å². The number of aromatic nitrogens is 1. The number of likely N-dealkylation sites (N-methyl/N-ethyl adjacent to an activating group) is 1. The molecule has 1 aliphatic carbocycles. The van der Waals surface area contributed by atoms with Crippen molar-refractivity contribution >= 4 is 15.9 Å². The average Bonchev–Trinajstić information content (AvgIpc) is 2.42. The van der Waals surface area contributed by atoms with Crippen LogP contribution in [0.5, 0.6) is 0 Å². The molecule has 1 aromatic heterocycles. The van der Waals surface area contributed by atoms with Crippen LogP contribution in [0.4, 0.5) is 0 Å². The molecule has 1 fully saturated rings. The van der Waals surface area contributed by atoms with Crippen molar-refractivity contribution in [2.24, 2.45) is 11.8 Å². The zero-order chi connectivity index (χ0) is 13.7. The van der Waals surface area contributed by atoms with Crippen molar-refractivity contribution in [2.75, 3.05) is 6.54 Å². The zero-order valence-corrected chi connectivity index (χ0v) is 13.6. The number of nitrogens with zero attached hydrogens (tertiary/aromatic N) is 1. The number of hydrogen-bond acceptors (Lipinski definition) is 2. The molecule has 0 aliphatic heterocycles. The molecule has 1 aliphatic rings. The van der Waals surface area contributed by atoms with E-state index in [1.165, 1.54) is 31.4 Å². The summed E-state index contributed by atoms with van der Waals surface area (Å²) in [5.41, 5.74) is 1.20. The van der Waals surface area contributed by atoms with E-state index in [1.807, 2.05) is 6.20 Å². The van der Waals surface area contributed by atoms with Gasteiger partial charge in [-0.25, -0.2) is 0 Å². The highest BCUT2D eigenvalue weighted by Crippen LogP contribution is 2.31. The monoisotopic (exact) mass is 324 g/mol. The molecule has 1 saturated carbocycles. The van der Waals surface area contributed by atoms with Crippen LogP contribution in [0.3, 0.4) is 0 Å². The smallest absolute Gasteiger partial charge is 0.0420 e. The van der Waals surface area contributed by atoms with Crippen molar-refractivity contribution in [3.05, 3.63) is 28.5 Å². The molecule has 3 heteroatoms. The second kappa shape index (κ2) is 7.39. The van der Waals surface area contributed by atoms with Crippen molar-refractivity contribution < 1.29 is 0 Å². The van der Waals surface area contributed by atoms with E-state index in [9.17, 15) is 0 Å². The third-order valence-electron chi connectivity index (χ3n) is 4.31. The van der Waals surface area contributed by atoms with Gasteiger partial charge in [0.1, 0.15) is 0 Å². The van der Waals surface area contributed by atoms with E-state index in [0.29, 0.717) is 6.04 Å². The summed E-state index contributed by atoms with van der Waals surface area (Å²) in [5.74, 6) is 1.74. The van der Waals surface area contributed by atoms with Crippen LogP contribution in [-0.2, 0) is 6.42 Å². The Morgan fingerprint density at radius 2 is 2.05 bits per heavy atom. The third-order valence-corrected chi connectivity index (χ3v) is 4.78. The summed E-state index contributed by atoms with van der Waals surface area (Å²) >= 11 is 3.45. The number of nitrogens with one attached hydrogen (secondary N) is 1. The molecule has 1 atom stereocenters. The first kappa shape index (κ1) is 15.0. The maximum Gasteiger partial charge on any atom is 0.0420 e. The van der Waals surface area contributed by atoms with Gasteiger partial charge in [-0.3, -0.25) is 4.98 Å². The Hall–Kier alpha value is -0.410. The van der Waals surface area contributed by atoms with E-state index in [4.69, 9.17) is 0 Å². The van der Waals surface area contributed by atoms with Crippen molar-refractivity contribution in [1.82, 2.24) is 10.3 Å². The van der Waals surface area contributed by atoms with Gasteiger partial charge < -0.3 is 5.32 Å². The molecule has 0 amide bonds. The van der Waals surface area contributed by atoms with E-state index in [2.05, 4.69) is 52.2 Å². The molecular weight excluding hydrogens is 300 g/mol. The first-order valence-electron chi connectivity index (χ1n) is 7.52. The Morgan fingerprint density at radius 3 is 2.63 bits per heavy atom. The standard InChI is InChI=1S/C16H25BrN2/c1-3-18-16(13-6-4-12(2)5-7-13)10-15-9-8-14(17)11-19-15/h8-9,11-13,16,18H,3-7,10H2,1-2H3. The Labute approximate surface area is 125 Å². The van der Waals surface area contributed by atoms with Crippen molar-refractivity contribution in [3.8, 4) is 0 Å². The molecule has 1 unspecified atom stereocenters. The summed E-state index contributed by atoms with van der Waals surface area (Å²) < 4.78 is 1.06. The minimum atomic E-state index is 0.589. The van der Waals surface area contributed by atoms with Crippen LogP contribution in [0.1, 0.15) is 45.2 Å². The molecule has 1 N–H and O–H groups in total. The van der Waals surface area contributed by atoms with E-state index >= 15 is 0 Å². The molecule has 2 nitrogen and oxygen atoms in total. The fraction of sp³-hybridized carbons (Fsp3) is 0.688. The Morgan fingerprint density at radius 1 is 1.32 bits per heavy atom. The summed E-state index contributed by atoms with van der Waals surface area (Å²) in [4.78, 5) is 4.52. The molecule has 19 heavy (non-hydrogen) atoms. The van der Waals surface area contributed by atoms with Crippen LogP contribution >= 0.6 is 15.9 Å². The SMILES string of the molecule is CCNC(Cc1ccc(Br)cn1)C1CCC(C)CC1. The minimum absolute atomic E-state index is 0.589. The van der Waals surface area contributed by atoms with E-state index in [1.54, 1.807) is 0 Å². The van der Waals surface area contributed by atoms with Crippen LogP contribution in [-0.4, -0.2) is 17.6 Å². The minimum Gasteiger partial charge on any atom is -0.314 e. The maximum atomic E-state index is 4.52. The number of halogens is 1. The molecule has 0 aromatic carbocycles. The third kappa shape index (κ3) is 4.57. The van der Waals surface area contributed by atoms with Gasteiger partial charge in [0.15, 0.2) is 0 Å². The lowest BCUT2D eigenvalue weighted by atomic mass is 9.78. The lowest BCUT2D eigenvalue weighted by Gasteiger charge is -2.33. The quantitative estimate of drug-likeness (QED) is 0.878. The lowest BCUT2D eigenvalue weighted by molar-refractivity contribution is 0.229. The molecule has 1 heterocycles. The summed E-state index contributed by atoms with van der Waals surface area (Å²) in [6, 6.07) is 4.82. The normalized spacial score (nSPS) is 25.2. The van der Waals surface area contributed by atoms with Gasteiger partial charge >= 0.3 is 0 Å². The van der Waals surface area contributed by atoms with Gasteiger partial charge in [0.05, 0.1) is 0 Å². The predicted molar refractivity (Wildman–Crippen MR) is 84.2 cm³/mol. The van der Waals surface area contributed by atoms with Crippen LogP contribution in [0.15, 0.2) is 22.8 Å². The van der Waals surface area contributed by atoms with Gasteiger partial charge in [0, 0.05) is 28.8 Å². The maximum absolute atomic E-state index is 4.52.